The number of rotatable bonds is 5. The van der Waals surface area contributed by atoms with Gasteiger partial charge >= 0.3 is 5.97 Å². The summed E-state index contributed by atoms with van der Waals surface area (Å²) in [6.07, 6.45) is 0. The van der Waals surface area contributed by atoms with Gasteiger partial charge in [-0.05, 0) is 31.2 Å². The maximum absolute atomic E-state index is 11.7. The van der Waals surface area contributed by atoms with Crippen LogP contribution in [0.1, 0.15) is 6.92 Å². The van der Waals surface area contributed by atoms with Crippen molar-refractivity contribution in [1.29, 1.82) is 0 Å². The Bertz CT molecular complexity index is 380. The fourth-order valence-electron chi connectivity index (χ4n) is 1.51. The van der Waals surface area contributed by atoms with Gasteiger partial charge in [-0.15, -0.1) is 0 Å². The number of hydrogen-bond donors (Lipinski definition) is 1. The van der Waals surface area contributed by atoms with E-state index in [1.165, 1.54) is 14.2 Å². The normalized spacial score (nSPS) is 13.9. The number of benzene rings is 1. The molecule has 0 fully saturated rings. The van der Waals surface area contributed by atoms with Crippen molar-refractivity contribution in [3.63, 3.8) is 0 Å². The molecule has 0 heterocycles. The van der Waals surface area contributed by atoms with Crippen LogP contribution in [0.15, 0.2) is 24.3 Å². The molecule has 1 N–H and O–H groups in total. The number of hydrogen-bond acceptors (Lipinski definition) is 4. The topological polar surface area (TPSA) is 47.6 Å². The zero-order valence-electron chi connectivity index (χ0n) is 10.1. The minimum absolute atomic E-state index is 0.211. The predicted molar refractivity (Wildman–Crippen MR) is 67.4 cm³/mol. The summed E-state index contributed by atoms with van der Waals surface area (Å²) < 4.78 is 9.79. The standard InChI is InChI=1S/C12H16ClNO3/c1-12(8-16-2,11(15)17-3)14-10-6-4-9(13)5-7-10/h4-7,14H,8H2,1-3H3. The predicted octanol–water partition coefficient (Wildman–Crippen LogP) is 2.33. The van der Waals surface area contributed by atoms with E-state index in [0.717, 1.165) is 5.69 Å². The van der Waals surface area contributed by atoms with Crippen LogP contribution in [0, 0.1) is 0 Å². The second-order valence-electron chi connectivity index (χ2n) is 3.89. The molecule has 5 heteroatoms. The molecule has 0 saturated carbocycles. The molecule has 0 aliphatic heterocycles. The van der Waals surface area contributed by atoms with Crippen LogP contribution in [0.25, 0.3) is 0 Å². The summed E-state index contributed by atoms with van der Waals surface area (Å²) in [6, 6.07) is 7.07. The van der Waals surface area contributed by atoms with Gasteiger partial charge in [0.2, 0.25) is 0 Å². The van der Waals surface area contributed by atoms with Crippen molar-refractivity contribution in [2.45, 2.75) is 12.5 Å². The molecule has 1 atom stereocenters. The van der Waals surface area contributed by atoms with E-state index in [9.17, 15) is 4.79 Å². The van der Waals surface area contributed by atoms with Gasteiger partial charge < -0.3 is 14.8 Å². The minimum atomic E-state index is -0.919. The molecule has 17 heavy (non-hydrogen) atoms. The molecule has 1 aromatic carbocycles. The van der Waals surface area contributed by atoms with E-state index in [1.54, 1.807) is 31.2 Å². The van der Waals surface area contributed by atoms with Crippen molar-refractivity contribution in [3.8, 4) is 0 Å². The van der Waals surface area contributed by atoms with Crippen LogP contribution in [0.2, 0.25) is 5.02 Å². The van der Waals surface area contributed by atoms with Crippen LogP contribution >= 0.6 is 11.6 Å². The molecule has 94 valence electrons. The number of carbonyl (C=O) groups excluding carboxylic acids is 1. The van der Waals surface area contributed by atoms with E-state index in [4.69, 9.17) is 21.1 Å². The highest BCUT2D eigenvalue weighted by Crippen LogP contribution is 2.19. The minimum Gasteiger partial charge on any atom is -0.467 e. The quantitative estimate of drug-likeness (QED) is 0.823. The molecule has 0 amide bonds. The molecule has 1 rings (SSSR count). The van der Waals surface area contributed by atoms with Crippen molar-refractivity contribution in [3.05, 3.63) is 29.3 Å². The molecular weight excluding hydrogens is 242 g/mol. The molecule has 1 aromatic rings. The van der Waals surface area contributed by atoms with E-state index >= 15 is 0 Å². The smallest absolute Gasteiger partial charge is 0.333 e. The van der Waals surface area contributed by atoms with Crippen LogP contribution in [0.5, 0.6) is 0 Å². The molecule has 0 aromatic heterocycles. The molecular formula is C12H16ClNO3. The first-order valence-electron chi connectivity index (χ1n) is 5.13. The number of carbonyl (C=O) groups is 1. The van der Waals surface area contributed by atoms with Gasteiger partial charge in [0, 0.05) is 17.8 Å². The summed E-state index contributed by atoms with van der Waals surface area (Å²) in [7, 11) is 2.88. The SMILES string of the molecule is COCC(C)(Nc1ccc(Cl)cc1)C(=O)OC. The van der Waals surface area contributed by atoms with Gasteiger partial charge in [0.1, 0.15) is 0 Å². The van der Waals surface area contributed by atoms with Gasteiger partial charge in [-0.1, -0.05) is 11.6 Å². The number of nitrogens with one attached hydrogen (secondary N) is 1. The van der Waals surface area contributed by atoms with Crippen molar-refractivity contribution in [2.75, 3.05) is 26.1 Å². The Kier molecular flexibility index (Phi) is 4.78. The zero-order valence-corrected chi connectivity index (χ0v) is 10.9. The highest BCUT2D eigenvalue weighted by molar-refractivity contribution is 6.30. The monoisotopic (exact) mass is 257 g/mol. The summed E-state index contributed by atoms with van der Waals surface area (Å²) >= 11 is 5.79. The number of halogens is 1. The van der Waals surface area contributed by atoms with E-state index in [0.29, 0.717) is 5.02 Å². The fraction of sp³-hybridized carbons (Fsp3) is 0.417. The molecule has 0 spiro atoms. The van der Waals surface area contributed by atoms with Gasteiger partial charge in [0.25, 0.3) is 0 Å². The lowest BCUT2D eigenvalue weighted by molar-refractivity contribution is -0.147. The summed E-state index contributed by atoms with van der Waals surface area (Å²) in [6.45, 7) is 1.93. The number of anilines is 1. The molecule has 0 aliphatic carbocycles. The lowest BCUT2D eigenvalue weighted by Gasteiger charge is -2.28. The first-order valence-corrected chi connectivity index (χ1v) is 5.51. The summed E-state index contributed by atoms with van der Waals surface area (Å²) in [5.41, 5.74) is -0.142. The third-order valence-electron chi connectivity index (χ3n) is 2.33. The Morgan fingerprint density at radius 2 is 1.94 bits per heavy atom. The summed E-state index contributed by atoms with van der Waals surface area (Å²) in [5.74, 6) is -0.380. The van der Waals surface area contributed by atoms with Crippen LogP contribution in [-0.2, 0) is 14.3 Å². The van der Waals surface area contributed by atoms with Crippen LogP contribution in [0.4, 0.5) is 5.69 Å². The highest BCUT2D eigenvalue weighted by Gasteiger charge is 2.34. The Morgan fingerprint density at radius 1 is 1.35 bits per heavy atom. The third-order valence-corrected chi connectivity index (χ3v) is 2.59. The van der Waals surface area contributed by atoms with Gasteiger partial charge in [0.05, 0.1) is 13.7 Å². The van der Waals surface area contributed by atoms with Crippen LogP contribution in [0.3, 0.4) is 0 Å². The number of ether oxygens (including phenoxy) is 2. The molecule has 0 saturated heterocycles. The first-order chi connectivity index (χ1) is 8.01. The zero-order chi connectivity index (χ0) is 12.9. The van der Waals surface area contributed by atoms with Gasteiger partial charge in [-0.3, -0.25) is 0 Å². The first kappa shape index (κ1) is 13.8. The van der Waals surface area contributed by atoms with Crippen molar-refractivity contribution in [2.24, 2.45) is 0 Å². The van der Waals surface area contributed by atoms with E-state index in [2.05, 4.69) is 5.32 Å². The highest BCUT2D eigenvalue weighted by atomic mass is 35.5. The van der Waals surface area contributed by atoms with Gasteiger partial charge in [0.15, 0.2) is 5.54 Å². The third kappa shape index (κ3) is 3.61. The van der Waals surface area contributed by atoms with Crippen LogP contribution < -0.4 is 5.32 Å². The second kappa shape index (κ2) is 5.89. The second-order valence-corrected chi connectivity index (χ2v) is 4.33. The average Bonchev–Trinajstić information content (AvgIpc) is 2.31. The van der Waals surface area contributed by atoms with Gasteiger partial charge in [-0.2, -0.15) is 0 Å². The fourth-order valence-corrected chi connectivity index (χ4v) is 1.64. The summed E-state index contributed by atoms with van der Waals surface area (Å²) in [5, 5.41) is 3.72. The summed E-state index contributed by atoms with van der Waals surface area (Å²) in [4.78, 5) is 11.7. The largest absolute Gasteiger partial charge is 0.467 e. The molecule has 0 radical (unpaired) electrons. The van der Waals surface area contributed by atoms with Crippen molar-refractivity contribution >= 4 is 23.3 Å². The molecule has 0 bridgehead atoms. The lowest BCUT2D eigenvalue weighted by atomic mass is 10.0. The van der Waals surface area contributed by atoms with Gasteiger partial charge in [-0.25, -0.2) is 4.79 Å². The number of esters is 1. The Labute approximate surface area is 106 Å². The average molecular weight is 258 g/mol. The van der Waals surface area contributed by atoms with Crippen LogP contribution in [-0.4, -0.2) is 32.3 Å². The van der Waals surface area contributed by atoms with E-state index in [-0.39, 0.29) is 12.6 Å². The maximum Gasteiger partial charge on any atom is 0.333 e. The maximum atomic E-state index is 11.7. The number of methoxy groups -OCH3 is 2. The Balaban J connectivity index is 2.86. The van der Waals surface area contributed by atoms with E-state index in [1.807, 2.05) is 0 Å². The lowest BCUT2D eigenvalue weighted by Crippen LogP contribution is -2.48. The molecule has 0 aliphatic rings. The van der Waals surface area contributed by atoms with Crippen molar-refractivity contribution < 1.29 is 14.3 Å². The Hall–Kier alpha value is -1.26. The molecule has 1 unspecified atom stereocenters. The van der Waals surface area contributed by atoms with E-state index < -0.39 is 5.54 Å². The Morgan fingerprint density at radius 3 is 2.41 bits per heavy atom. The molecule has 4 nitrogen and oxygen atoms in total. The van der Waals surface area contributed by atoms with Crippen molar-refractivity contribution in [1.82, 2.24) is 0 Å².